The minimum Gasteiger partial charge on any atom is -0.493 e. The molecule has 4 aromatic rings. The summed E-state index contributed by atoms with van der Waals surface area (Å²) >= 11 is 6.33. The fraction of sp³-hybridized carbons (Fsp3) is 0.188. The van der Waals surface area contributed by atoms with Crippen molar-refractivity contribution in [3.63, 3.8) is 0 Å². The van der Waals surface area contributed by atoms with E-state index in [9.17, 15) is 9.59 Å². The Morgan fingerprint density at radius 1 is 0.795 bits per heavy atom. The topological polar surface area (TPSA) is 67.9 Å². The van der Waals surface area contributed by atoms with Gasteiger partial charge in [0.1, 0.15) is 6.04 Å². The van der Waals surface area contributed by atoms with Gasteiger partial charge in [-0.25, -0.2) is 0 Å². The first-order valence-corrected chi connectivity index (χ1v) is 13.0. The molecule has 6 nitrogen and oxygen atoms in total. The zero-order chi connectivity index (χ0) is 27.6. The average molecular weight is 543 g/mol. The first kappa shape index (κ1) is 27.7. The van der Waals surface area contributed by atoms with Gasteiger partial charge in [0.05, 0.1) is 20.6 Å². The van der Waals surface area contributed by atoms with E-state index in [-0.39, 0.29) is 31.3 Å². The van der Waals surface area contributed by atoms with E-state index in [0.717, 1.165) is 16.7 Å². The van der Waals surface area contributed by atoms with Crippen molar-refractivity contribution in [1.29, 1.82) is 0 Å². The van der Waals surface area contributed by atoms with Crippen LogP contribution in [0.3, 0.4) is 0 Å². The van der Waals surface area contributed by atoms with Crippen LogP contribution in [-0.2, 0) is 29.1 Å². The monoisotopic (exact) mass is 542 g/mol. The van der Waals surface area contributed by atoms with Crippen molar-refractivity contribution in [3.8, 4) is 11.5 Å². The highest BCUT2D eigenvalue weighted by molar-refractivity contribution is 6.31. The Morgan fingerprint density at radius 3 is 2.10 bits per heavy atom. The number of methoxy groups -OCH3 is 2. The molecule has 4 rings (SSSR count). The van der Waals surface area contributed by atoms with E-state index in [1.54, 1.807) is 37.3 Å². The van der Waals surface area contributed by atoms with Crippen LogP contribution in [-0.4, -0.2) is 30.9 Å². The number of rotatable bonds is 11. The van der Waals surface area contributed by atoms with E-state index in [0.29, 0.717) is 22.1 Å². The number of carbonyl (C=O) groups excluding carboxylic acids is 2. The summed E-state index contributed by atoms with van der Waals surface area (Å²) in [6.45, 7) is 0.497. The number of hydrogen-bond acceptors (Lipinski definition) is 4. The lowest BCUT2D eigenvalue weighted by atomic mass is 10.0. The van der Waals surface area contributed by atoms with Crippen LogP contribution in [0.25, 0.3) is 0 Å². The molecule has 0 aliphatic carbocycles. The number of carbonyl (C=O) groups is 2. The highest BCUT2D eigenvalue weighted by Gasteiger charge is 2.31. The molecule has 0 heterocycles. The maximum atomic E-state index is 14.0. The van der Waals surface area contributed by atoms with Gasteiger partial charge >= 0.3 is 0 Å². The van der Waals surface area contributed by atoms with E-state index in [2.05, 4.69) is 5.32 Å². The molecule has 200 valence electrons. The van der Waals surface area contributed by atoms with Crippen LogP contribution in [0.5, 0.6) is 11.5 Å². The molecule has 1 unspecified atom stereocenters. The summed E-state index contributed by atoms with van der Waals surface area (Å²) in [6.07, 6.45) is 0.0777. The molecule has 0 radical (unpaired) electrons. The predicted octanol–water partition coefficient (Wildman–Crippen LogP) is 5.99. The van der Waals surface area contributed by atoms with Crippen molar-refractivity contribution < 1.29 is 19.1 Å². The summed E-state index contributed by atoms with van der Waals surface area (Å²) in [6, 6.07) is 30.9. The molecule has 0 bridgehead atoms. The first-order valence-electron chi connectivity index (χ1n) is 12.6. The van der Waals surface area contributed by atoms with Gasteiger partial charge in [0.25, 0.3) is 0 Å². The lowest BCUT2D eigenvalue weighted by molar-refractivity contribution is -0.141. The molecule has 1 N–H and O–H groups in total. The molecule has 0 spiro atoms. The van der Waals surface area contributed by atoms with Gasteiger partial charge in [-0.05, 0) is 40.5 Å². The van der Waals surface area contributed by atoms with E-state index in [1.165, 1.54) is 0 Å². The minimum atomic E-state index is -0.860. The molecule has 0 aromatic heterocycles. The lowest BCUT2D eigenvalue weighted by Gasteiger charge is -2.32. The van der Waals surface area contributed by atoms with Gasteiger partial charge in [-0.1, -0.05) is 96.5 Å². The van der Waals surface area contributed by atoms with Crippen LogP contribution < -0.4 is 14.8 Å². The van der Waals surface area contributed by atoms with Gasteiger partial charge < -0.3 is 19.7 Å². The number of benzene rings is 4. The normalized spacial score (nSPS) is 11.4. The Morgan fingerprint density at radius 2 is 1.44 bits per heavy atom. The zero-order valence-corrected chi connectivity index (χ0v) is 22.7. The molecule has 1 atom stereocenters. The third-order valence-electron chi connectivity index (χ3n) is 6.41. The van der Waals surface area contributed by atoms with Crippen molar-refractivity contribution in [1.82, 2.24) is 10.2 Å². The SMILES string of the molecule is COc1ccc(CC(=O)N(Cc2ccccc2)C(C(=O)NCc2ccccc2Cl)c2ccccc2)cc1OC. The highest BCUT2D eigenvalue weighted by atomic mass is 35.5. The van der Waals surface area contributed by atoms with Crippen molar-refractivity contribution >= 4 is 23.4 Å². The highest BCUT2D eigenvalue weighted by Crippen LogP contribution is 2.29. The molecular formula is C32H31ClN2O4. The molecule has 2 amide bonds. The van der Waals surface area contributed by atoms with Crippen LogP contribution in [0.15, 0.2) is 103 Å². The van der Waals surface area contributed by atoms with Gasteiger partial charge in [-0.2, -0.15) is 0 Å². The average Bonchev–Trinajstić information content (AvgIpc) is 2.97. The summed E-state index contributed by atoms with van der Waals surface area (Å²) in [4.78, 5) is 29.4. The maximum absolute atomic E-state index is 14.0. The molecule has 0 aliphatic heterocycles. The van der Waals surface area contributed by atoms with Crippen LogP contribution in [0.4, 0.5) is 0 Å². The Hall–Kier alpha value is -4.29. The fourth-order valence-corrected chi connectivity index (χ4v) is 4.60. The quantitative estimate of drug-likeness (QED) is 0.253. The van der Waals surface area contributed by atoms with Crippen molar-refractivity contribution in [2.75, 3.05) is 14.2 Å². The second-order valence-corrected chi connectivity index (χ2v) is 9.40. The fourth-order valence-electron chi connectivity index (χ4n) is 4.40. The first-order chi connectivity index (χ1) is 19.0. The van der Waals surface area contributed by atoms with Gasteiger partial charge in [0.15, 0.2) is 11.5 Å². The van der Waals surface area contributed by atoms with Crippen molar-refractivity contribution in [2.24, 2.45) is 0 Å². The summed E-state index contributed by atoms with van der Waals surface area (Å²) in [5.74, 6) is 0.621. The van der Waals surface area contributed by atoms with Crippen LogP contribution in [0, 0.1) is 0 Å². The number of hydrogen-bond donors (Lipinski definition) is 1. The van der Waals surface area contributed by atoms with Gasteiger partial charge in [-0.15, -0.1) is 0 Å². The molecule has 0 aliphatic rings. The Balaban J connectivity index is 1.68. The molecular weight excluding hydrogens is 512 g/mol. The third-order valence-corrected chi connectivity index (χ3v) is 6.77. The molecule has 0 saturated carbocycles. The van der Waals surface area contributed by atoms with E-state index >= 15 is 0 Å². The van der Waals surface area contributed by atoms with E-state index in [1.807, 2.05) is 84.9 Å². The molecule has 0 saturated heterocycles. The summed E-state index contributed by atoms with van der Waals surface area (Å²) in [5, 5.41) is 3.57. The largest absolute Gasteiger partial charge is 0.493 e. The van der Waals surface area contributed by atoms with Gasteiger partial charge in [-0.3, -0.25) is 9.59 Å². The van der Waals surface area contributed by atoms with Crippen molar-refractivity contribution in [2.45, 2.75) is 25.6 Å². The van der Waals surface area contributed by atoms with Crippen LogP contribution in [0.2, 0.25) is 5.02 Å². The second kappa shape index (κ2) is 13.5. The summed E-state index contributed by atoms with van der Waals surface area (Å²) < 4.78 is 10.8. The van der Waals surface area contributed by atoms with Crippen molar-refractivity contribution in [3.05, 3.63) is 130 Å². The lowest BCUT2D eigenvalue weighted by Crippen LogP contribution is -2.43. The second-order valence-electron chi connectivity index (χ2n) is 9.00. The molecule has 39 heavy (non-hydrogen) atoms. The number of nitrogens with zero attached hydrogens (tertiary/aromatic N) is 1. The smallest absolute Gasteiger partial charge is 0.247 e. The molecule has 0 fully saturated rings. The van der Waals surface area contributed by atoms with Gasteiger partial charge in [0.2, 0.25) is 11.8 Å². The van der Waals surface area contributed by atoms with Crippen LogP contribution >= 0.6 is 11.6 Å². The number of halogens is 1. The summed E-state index contributed by atoms with van der Waals surface area (Å²) in [7, 11) is 3.12. The maximum Gasteiger partial charge on any atom is 0.247 e. The minimum absolute atomic E-state index is 0.0777. The standard InChI is InChI=1S/C32H31ClN2O4/c1-38-28-18-17-24(19-29(28)39-2)20-30(36)35(22-23-11-5-3-6-12-23)31(25-13-7-4-8-14-25)32(37)34-21-26-15-9-10-16-27(26)33/h3-19,31H,20-22H2,1-2H3,(H,34,37). The predicted molar refractivity (Wildman–Crippen MR) is 153 cm³/mol. The molecule has 7 heteroatoms. The molecule has 4 aromatic carbocycles. The zero-order valence-electron chi connectivity index (χ0n) is 22.0. The van der Waals surface area contributed by atoms with Gasteiger partial charge in [0, 0.05) is 18.1 Å². The van der Waals surface area contributed by atoms with Crippen LogP contribution in [0.1, 0.15) is 28.3 Å². The van der Waals surface area contributed by atoms with E-state index < -0.39 is 6.04 Å². The number of nitrogens with one attached hydrogen (secondary N) is 1. The Labute approximate surface area is 234 Å². The number of amides is 2. The third kappa shape index (κ3) is 7.18. The van der Waals surface area contributed by atoms with E-state index in [4.69, 9.17) is 21.1 Å². The Bertz CT molecular complexity index is 1400. The number of ether oxygens (including phenoxy) is 2. The Kier molecular flexibility index (Phi) is 9.59. The summed E-state index contributed by atoms with van der Waals surface area (Å²) in [5.41, 5.74) is 3.17.